The van der Waals surface area contributed by atoms with Crippen LogP contribution < -0.4 is 9.46 Å². The van der Waals surface area contributed by atoms with E-state index in [0.29, 0.717) is 22.9 Å². The number of ether oxygens (including phenoxy) is 1. The Morgan fingerprint density at radius 3 is 2.40 bits per heavy atom. The van der Waals surface area contributed by atoms with Crippen LogP contribution in [0, 0.1) is 5.92 Å². The number of methoxy groups -OCH3 is 1. The summed E-state index contributed by atoms with van der Waals surface area (Å²) in [5.41, 5.74) is 0.826. The zero-order chi connectivity index (χ0) is 21.9. The number of nitrogens with zero attached hydrogens (tertiary/aromatic N) is 1. The third-order valence-electron chi connectivity index (χ3n) is 5.81. The molecule has 3 rings (SSSR count). The summed E-state index contributed by atoms with van der Waals surface area (Å²) in [7, 11) is -2.27. The summed E-state index contributed by atoms with van der Waals surface area (Å²) in [6.45, 7) is 6.35. The van der Waals surface area contributed by atoms with Gasteiger partial charge in [0.15, 0.2) is 0 Å². The number of hydrogen-bond acceptors (Lipinski definition) is 4. The highest BCUT2D eigenvalue weighted by Gasteiger charge is 2.37. The van der Waals surface area contributed by atoms with Gasteiger partial charge in [0.1, 0.15) is 5.75 Å². The quantitative estimate of drug-likeness (QED) is 0.634. The van der Waals surface area contributed by atoms with E-state index in [4.69, 9.17) is 4.74 Å². The van der Waals surface area contributed by atoms with Crippen LogP contribution in [0.1, 0.15) is 50.4 Å². The maximum Gasteiger partial charge on any atom is 0.261 e. The van der Waals surface area contributed by atoms with E-state index in [0.717, 1.165) is 19.3 Å². The van der Waals surface area contributed by atoms with Gasteiger partial charge in [-0.1, -0.05) is 26.3 Å². The van der Waals surface area contributed by atoms with Crippen LogP contribution >= 0.6 is 0 Å². The number of benzene rings is 2. The number of amides is 1. The molecule has 2 atom stereocenters. The fourth-order valence-corrected chi connectivity index (χ4v) is 4.57. The third kappa shape index (κ3) is 4.95. The van der Waals surface area contributed by atoms with Crippen molar-refractivity contribution in [1.29, 1.82) is 0 Å². The lowest BCUT2D eigenvalue weighted by Gasteiger charge is -2.33. The van der Waals surface area contributed by atoms with Gasteiger partial charge in [0.05, 0.1) is 12.0 Å². The number of rotatable bonds is 9. The molecule has 0 radical (unpaired) electrons. The largest absolute Gasteiger partial charge is 0.497 e. The van der Waals surface area contributed by atoms with Crippen LogP contribution in [-0.2, 0) is 10.0 Å². The van der Waals surface area contributed by atoms with Crippen LogP contribution in [0.4, 0.5) is 5.69 Å². The predicted molar refractivity (Wildman–Crippen MR) is 118 cm³/mol. The van der Waals surface area contributed by atoms with Crippen molar-refractivity contribution < 1.29 is 17.9 Å². The number of carbonyl (C=O) groups is 1. The molecular formula is C23H30N2O4S. The Labute approximate surface area is 179 Å². The van der Waals surface area contributed by atoms with E-state index in [1.807, 2.05) is 4.90 Å². The minimum Gasteiger partial charge on any atom is -0.497 e. The molecule has 0 bridgehead atoms. The Hall–Kier alpha value is -2.54. The third-order valence-corrected chi connectivity index (χ3v) is 7.19. The van der Waals surface area contributed by atoms with Crippen LogP contribution in [0.5, 0.6) is 5.75 Å². The van der Waals surface area contributed by atoms with E-state index in [1.54, 1.807) is 43.5 Å². The molecule has 162 valence electrons. The van der Waals surface area contributed by atoms with E-state index < -0.39 is 10.0 Å². The fraction of sp³-hybridized carbons (Fsp3) is 0.435. The minimum absolute atomic E-state index is 0.0658. The van der Waals surface area contributed by atoms with Gasteiger partial charge in [0.25, 0.3) is 15.9 Å². The van der Waals surface area contributed by atoms with E-state index >= 15 is 0 Å². The average molecular weight is 431 g/mol. The minimum atomic E-state index is -3.82. The fourth-order valence-electron chi connectivity index (χ4n) is 3.47. The molecule has 1 aliphatic rings. The van der Waals surface area contributed by atoms with Gasteiger partial charge in [-0.15, -0.1) is 0 Å². The number of carbonyl (C=O) groups excluding carboxylic acids is 1. The Morgan fingerprint density at radius 2 is 1.83 bits per heavy atom. The second kappa shape index (κ2) is 9.08. The van der Waals surface area contributed by atoms with Crippen LogP contribution in [-0.4, -0.2) is 38.4 Å². The lowest BCUT2D eigenvalue weighted by molar-refractivity contribution is 0.0615. The molecule has 1 fully saturated rings. The first-order valence-electron chi connectivity index (χ1n) is 10.4. The zero-order valence-corrected chi connectivity index (χ0v) is 18.8. The predicted octanol–water partition coefficient (Wildman–Crippen LogP) is 4.54. The van der Waals surface area contributed by atoms with Crippen molar-refractivity contribution >= 4 is 21.6 Å². The molecule has 2 aromatic carbocycles. The van der Waals surface area contributed by atoms with Gasteiger partial charge in [-0.25, -0.2) is 8.42 Å². The van der Waals surface area contributed by atoms with Gasteiger partial charge in [-0.3, -0.25) is 9.52 Å². The maximum absolute atomic E-state index is 13.3. The highest BCUT2D eigenvalue weighted by molar-refractivity contribution is 7.92. The molecule has 1 amide bonds. The molecule has 2 unspecified atom stereocenters. The number of sulfonamides is 1. The standard InChI is InChI=1S/C23H30N2O4S/c1-5-16(2)17(3)25(20-11-12-20)23(26)18-7-6-8-22(15-18)30(27,28)24-19-9-13-21(29-4)14-10-19/h6-10,13-17,20,24H,5,11-12H2,1-4H3. The summed E-state index contributed by atoms with van der Waals surface area (Å²) >= 11 is 0. The molecule has 6 nitrogen and oxygen atoms in total. The number of anilines is 1. The second-order valence-electron chi connectivity index (χ2n) is 7.93. The number of hydrogen-bond donors (Lipinski definition) is 1. The second-order valence-corrected chi connectivity index (χ2v) is 9.61. The van der Waals surface area contributed by atoms with Crippen molar-refractivity contribution in [1.82, 2.24) is 4.90 Å². The summed E-state index contributed by atoms with van der Waals surface area (Å²) < 4.78 is 33.4. The Balaban J connectivity index is 1.84. The molecule has 2 aromatic rings. The number of nitrogens with one attached hydrogen (secondary N) is 1. The van der Waals surface area contributed by atoms with Gasteiger partial charge < -0.3 is 9.64 Å². The topological polar surface area (TPSA) is 75.7 Å². The molecule has 1 N–H and O–H groups in total. The molecule has 30 heavy (non-hydrogen) atoms. The van der Waals surface area contributed by atoms with Crippen molar-refractivity contribution in [2.75, 3.05) is 11.8 Å². The van der Waals surface area contributed by atoms with Crippen LogP contribution in [0.2, 0.25) is 0 Å². The average Bonchev–Trinajstić information content (AvgIpc) is 3.58. The van der Waals surface area contributed by atoms with Gasteiger partial charge >= 0.3 is 0 Å². The first-order chi connectivity index (χ1) is 14.3. The zero-order valence-electron chi connectivity index (χ0n) is 18.0. The van der Waals surface area contributed by atoms with Crippen LogP contribution in [0.3, 0.4) is 0 Å². The molecule has 0 heterocycles. The summed E-state index contributed by atoms with van der Waals surface area (Å²) in [5.74, 6) is 0.908. The van der Waals surface area contributed by atoms with Crippen molar-refractivity contribution in [2.45, 2.75) is 57.0 Å². The molecule has 1 saturated carbocycles. The molecule has 7 heteroatoms. The highest BCUT2D eigenvalue weighted by atomic mass is 32.2. The summed E-state index contributed by atoms with van der Waals surface area (Å²) in [5, 5.41) is 0. The highest BCUT2D eigenvalue weighted by Crippen LogP contribution is 2.33. The van der Waals surface area contributed by atoms with Gasteiger partial charge in [-0.2, -0.15) is 0 Å². The van der Waals surface area contributed by atoms with Crippen molar-refractivity contribution in [3.8, 4) is 5.75 Å². The van der Waals surface area contributed by atoms with E-state index in [-0.39, 0.29) is 22.9 Å². The molecule has 0 saturated heterocycles. The Kier molecular flexibility index (Phi) is 6.71. The summed E-state index contributed by atoms with van der Waals surface area (Å²) in [6.07, 6.45) is 2.99. The normalized spacial score (nSPS) is 15.9. The van der Waals surface area contributed by atoms with E-state index in [9.17, 15) is 13.2 Å². The van der Waals surface area contributed by atoms with E-state index in [1.165, 1.54) is 12.1 Å². The molecular weight excluding hydrogens is 400 g/mol. The van der Waals surface area contributed by atoms with Gasteiger partial charge in [-0.05, 0) is 68.1 Å². The summed E-state index contributed by atoms with van der Waals surface area (Å²) in [6, 6.07) is 13.3. The van der Waals surface area contributed by atoms with Gasteiger partial charge in [0, 0.05) is 23.3 Å². The Bertz CT molecular complexity index is 985. The van der Waals surface area contributed by atoms with Crippen molar-refractivity contribution in [3.05, 3.63) is 54.1 Å². The molecule has 0 aromatic heterocycles. The lowest BCUT2D eigenvalue weighted by Crippen LogP contribution is -2.43. The van der Waals surface area contributed by atoms with Crippen LogP contribution in [0.25, 0.3) is 0 Å². The van der Waals surface area contributed by atoms with E-state index in [2.05, 4.69) is 25.5 Å². The first-order valence-corrected chi connectivity index (χ1v) is 11.8. The van der Waals surface area contributed by atoms with Crippen molar-refractivity contribution in [3.63, 3.8) is 0 Å². The van der Waals surface area contributed by atoms with Crippen molar-refractivity contribution in [2.24, 2.45) is 5.92 Å². The Morgan fingerprint density at radius 1 is 1.17 bits per heavy atom. The lowest BCUT2D eigenvalue weighted by atomic mass is 9.98. The molecule has 0 spiro atoms. The smallest absolute Gasteiger partial charge is 0.261 e. The summed E-state index contributed by atoms with van der Waals surface area (Å²) in [4.78, 5) is 15.3. The molecule has 0 aliphatic heterocycles. The molecule has 1 aliphatic carbocycles. The maximum atomic E-state index is 13.3. The SMILES string of the molecule is CCC(C)C(C)N(C(=O)c1cccc(S(=O)(=O)Nc2ccc(OC)cc2)c1)C1CC1. The van der Waals surface area contributed by atoms with Gasteiger partial charge in [0.2, 0.25) is 0 Å². The monoisotopic (exact) mass is 430 g/mol. The van der Waals surface area contributed by atoms with Crippen LogP contribution in [0.15, 0.2) is 53.4 Å². The first kappa shape index (κ1) is 22.2.